The Hall–Kier alpha value is -3.74. The van der Waals surface area contributed by atoms with Crippen molar-refractivity contribution < 1.29 is 26.7 Å². The molecule has 1 amide bonds. The Balaban J connectivity index is 1.56. The van der Waals surface area contributed by atoms with Crippen LogP contribution in [-0.4, -0.2) is 60.1 Å². The highest BCUT2D eigenvalue weighted by molar-refractivity contribution is 7.89. The van der Waals surface area contributed by atoms with Crippen molar-refractivity contribution in [3.8, 4) is 11.1 Å². The number of primary amides is 1. The second kappa shape index (κ2) is 10.6. The van der Waals surface area contributed by atoms with E-state index in [2.05, 4.69) is 10.2 Å². The Kier molecular flexibility index (Phi) is 7.19. The molecule has 1 atom stereocenters. The predicted octanol–water partition coefficient (Wildman–Crippen LogP) is 3.13. The molecule has 2 aromatic heterocycles. The van der Waals surface area contributed by atoms with Crippen LogP contribution in [0.2, 0.25) is 0 Å². The fourth-order valence-corrected chi connectivity index (χ4v) is 6.11. The summed E-state index contributed by atoms with van der Waals surface area (Å²) < 4.78 is 60.6. The van der Waals surface area contributed by atoms with E-state index < -0.39 is 33.5 Å². The maximum Gasteiger partial charge on any atom is 0.243 e. The van der Waals surface area contributed by atoms with Crippen LogP contribution in [0.15, 0.2) is 59.6 Å². The first-order valence-electron chi connectivity index (χ1n) is 12.0. The van der Waals surface area contributed by atoms with Gasteiger partial charge in [0.2, 0.25) is 15.9 Å². The normalized spacial score (nSPS) is 15.5. The maximum atomic E-state index is 13.9. The van der Waals surface area contributed by atoms with Crippen LogP contribution in [0.1, 0.15) is 23.6 Å². The standard InChI is InChI=1S/C26H25F2N5O4S/c27-19-10-16(11-20(28)13-19)9-18(12-25(29)34)26-22(14-23-24(31-26)15-30-32-23)17-1-3-21(4-2-17)38(35,36)33-5-7-37-8-6-33/h1-4,10-11,13-15,18H,5-9,12H2,(H2,29,34)(H,30,32)/t18-/m0/s1. The van der Waals surface area contributed by atoms with Crippen molar-refractivity contribution >= 4 is 27.0 Å². The van der Waals surface area contributed by atoms with Gasteiger partial charge in [-0.1, -0.05) is 12.1 Å². The van der Waals surface area contributed by atoms with Gasteiger partial charge < -0.3 is 10.5 Å². The number of carbonyl (C=O) groups excluding carboxylic acids is 1. The van der Waals surface area contributed by atoms with Crippen LogP contribution < -0.4 is 5.73 Å². The van der Waals surface area contributed by atoms with Crippen LogP contribution in [0.25, 0.3) is 22.2 Å². The van der Waals surface area contributed by atoms with Crippen molar-refractivity contribution in [1.29, 1.82) is 0 Å². The quantitative estimate of drug-likeness (QED) is 0.352. The molecule has 5 rings (SSSR count). The summed E-state index contributed by atoms with van der Waals surface area (Å²) >= 11 is 0. The summed E-state index contributed by atoms with van der Waals surface area (Å²) in [5.74, 6) is -2.67. The van der Waals surface area contributed by atoms with Gasteiger partial charge in [-0.05, 0) is 47.9 Å². The van der Waals surface area contributed by atoms with Gasteiger partial charge in [0, 0.05) is 37.1 Å². The number of pyridine rings is 1. The van der Waals surface area contributed by atoms with Crippen LogP contribution in [0.5, 0.6) is 0 Å². The molecule has 0 aliphatic carbocycles. The Morgan fingerprint density at radius 1 is 1.08 bits per heavy atom. The molecule has 0 bridgehead atoms. The first-order valence-corrected chi connectivity index (χ1v) is 13.4. The van der Waals surface area contributed by atoms with E-state index in [9.17, 15) is 22.0 Å². The highest BCUT2D eigenvalue weighted by atomic mass is 32.2. The molecule has 1 aliphatic rings. The molecule has 3 heterocycles. The lowest BCUT2D eigenvalue weighted by Gasteiger charge is -2.26. The van der Waals surface area contributed by atoms with E-state index in [1.54, 1.807) is 18.2 Å². The van der Waals surface area contributed by atoms with Gasteiger partial charge in [-0.15, -0.1) is 0 Å². The average molecular weight is 542 g/mol. The highest BCUT2D eigenvalue weighted by Crippen LogP contribution is 2.35. The molecule has 9 nitrogen and oxygen atoms in total. The van der Waals surface area contributed by atoms with Gasteiger partial charge in [0.05, 0.1) is 35.5 Å². The molecule has 12 heteroatoms. The molecule has 1 fully saturated rings. The number of morpholine rings is 1. The summed E-state index contributed by atoms with van der Waals surface area (Å²) in [5, 5.41) is 6.89. The van der Waals surface area contributed by atoms with Gasteiger partial charge in [-0.25, -0.2) is 22.2 Å². The molecule has 2 aromatic carbocycles. The molecule has 198 valence electrons. The number of hydrogen-bond donors (Lipinski definition) is 2. The number of aromatic amines is 1. The van der Waals surface area contributed by atoms with Gasteiger partial charge in [-0.3, -0.25) is 9.89 Å². The van der Waals surface area contributed by atoms with Crippen LogP contribution in [0.4, 0.5) is 8.78 Å². The first kappa shape index (κ1) is 25.9. The van der Waals surface area contributed by atoms with Crippen molar-refractivity contribution in [1.82, 2.24) is 19.5 Å². The molecule has 38 heavy (non-hydrogen) atoms. The molecule has 1 saturated heterocycles. The van der Waals surface area contributed by atoms with E-state index in [1.807, 2.05) is 0 Å². The largest absolute Gasteiger partial charge is 0.379 e. The smallest absolute Gasteiger partial charge is 0.243 e. The van der Waals surface area contributed by atoms with E-state index in [0.717, 1.165) is 6.07 Å². The van der Waals surface area contributed by atoms with Crippen molar-refractivity contribution in [3.63, 3.8) is 0 Å². The zero-order valence-electron chi connectivity index (χ0n) is 20.2. The Labute approximate surface area is 217 Å². The second-order valence-electron chi connectivity index (χ2n) is 9.11. The monoisotopic (exact) mass is 541 g/mol. The number of sulfonamides is 1. The van der Waals surface area contributed by atoms with Crippen molar-refractivity contribution in [2.45, 2.75) is 23.7 Å². The third kappa shape index (κ3) is 5.42. The number of nitrogens with two attached hydrogens (primary N) is 1. The summed E-state index contributed by atoms with van der Waals surface area (Å²) in [6.45, 7) is 1.24. The average Bonchev–Trinajstić information content (AvgIpc) is 3.35. The zero-order valence-corrected chi connectivity index (χ0v) is 21.0. The van der Waals surface area contributed by atoms with Gasteiger partial charge in [0.1, 0.15) is 17.2 Å². The molecule has 0 unspecified atom stereocenters. The SMILES string of the molecule is NC(=O)C[C@H](Cc1cc(F)cc(F)c1)c1nc2cn[nH]c2cc1-c1ccc(S(=O)(=O)N2CCOCC2)cc1. The number of rotatable bonds is 8. The van der Waals surface area contributed by atoms with Crippen LogP contribution >= 0.6 is 0 Å². The number of amides is 1. The van der Waals surface area contributed by atoms with Crippen molar-refractivity contribution in [2.24, 2.45) is 5.73 Å². The lowest BCUT2D eigenvalue weighted by Crippen LogP contribution is -2.40. The Morgan fingerprint density at radius 2 is 1.76 bits per heavy atom. The van der Waals surface area contributed by atoms with Gasteiger partial charge in [0.25, 0.3) is 0 Å². The van der Waals surface area contributed by atoms with E-state index in [4.69, 9.17) is 15.5 Å². The summed E-state index contributed by atoms with van der Waals surface area (Å²) in [7, 11) is -3.69. The summed E-state index contributed by atoms with van der Waals surface area (Å²) in [6.07, 6.45) is 1.51. The van der Waals surface area contributed by atoms with Crippen LogP contribution in [0.3, 0.4) is 0 Å². The second-order valence-corrected chi connectivity index (χ2v) is 11.1. The zero-order chi connectivity index (χ0) is 26.9. The number of ether oxygens (including phenoxy) is 1. The van der Waals surface area contributed by atoms with Gasteiger partial charge >= 0.3 is 0 Å². The summed E-state index contributed by atoms with van der Waals surface area (Å²) in [6, 6.07) is 11.4. The molecular formula is C26H25F2N5O4S. The third-order valence-corrected chi connectivity index (χ3v) is 8.38. The van der Waals surface area contributed by atoms with Crippen LogP contribution in [0, 0.1) is 11.6 Å². The molecule has 3 N–H and O–H groups in total. The maximum absolute atomic E-state index is 13.9. The minimum atomic E-state index is -3.69. The number of nitrogens with one attached hydrogen (secondary N) is 1. The number of H-pyrrole nitrogens is 1. The first-order chi connectivity index (χ1) is 18.2. The van der Waals surface area contributed by atoms with Gasteiger partial charge in [0.15, 0.2) is 0 Å². The van der Waals surface area contributed by atoms with E-state index in [-0.39, 0.29) is 30.8 Å². The summed E-state index contributed by atoms with van der Waals surface area (Å²) in [5.41, 5.74) is 8.80. The van der Waals surface area contributed by atoms with E-state index in [1.165, 1.54) is 34.8 Å². The fourth-order valence-electron chi connectivity index (χ4n) is 4.70. The minimum absolute atomic E-state index is 0.102. The number of aromatic nitrogens is 3. The lowest BCUT2D eigenvalue weighted by molar-refractivity contribution is -0.118. The fraction of sp³-hybridized carbons (Fsp3) is 0.269. The molecule has 1 aliphatic heterocycles. The molecule has 4 aromatic rings. The van der Waals surface area contributed by atoms with Crippen molar-refractivity contribution in [2.75, 3.05) is 26.3 Å². The third-order valence-electron chi connectivity index (χ3n) is 6.47. The van der Waals surface area contributed by atoms with E-state index in [0.29, 0.717) is 46.6 Å². The minimum Gasteiger partial charge on any atom is -0.379 e. The number of halogens is 2. The Morgan fingerprint density at radius 3 is 2.42 bits per heavy atom. The van der Waals surface area contributed by atoms with Crippen molar-refractivity contribution in [3.05, 3.63) is 77.6 Å². The number of fused-ring (bicyclic) bond motifs is 1. The lowest BCUT2D eigenvalue weighted by atomic mass is 9.87. The Bertz CT molecular complexity index is 1560. The summed E-state index contributed by atoms with van der Waals surface area (Å²) in [4.78, 5) is 16.9. The highest BCUT2D eigenvalue weighted by Gasteiger charge is 2.27. The number of hydrogen-bond acceptors (Lipinski definition) is 6. The van der Waals surface area contributed by atoms with Gasteiger partial charge in [-0.2, -0.15) is 9.40 Å². The number of benzene rings is 2. The molecule has 0 spiro atoms. The molecule has 0 saturated carbocycles. The topological polar surface area (TPSA) is 131 Å². The predicted molar refractivity (Wildman–Crippen MR) is 136 cm³/mol. The van der Waals surface area contributed by atoms with Crippen LogP contribution in [-0.2, 0) is 26.0 Å². The molecule has 0 radical (unpaired) electrons. The molecular weight excluding hydrogens is 516 g/mol. The van der Waals surface area contributed by atoms with E-state index >= 15 is 0 Å². The number of carbonyl (C=O) groups is 1. The number of nitrogens with zero attached hydrogens (tertiary/aromatic N) is 3.